The van der Waals surface area contributed by atoms with Crippen LogP contribution in [0.4, 0.5) is 0 Å². The van der Waals surface area contributed by atoms with Crippen LogP contribution in [-0.4, -0.2) is 26.5 Å². The van der Waals surface area contributed by atoms with Crippen LogP contribution in [0.3, 0.4) is 0 Å². The Morgan fingerprint density at radius 1 is 1.46 bits per heavy atom. The zero-order chi connectivity index (χ0) is 9.10. The number of nitrogens with zero attached hydrogens (tertiary/aromatic N) is 3. The number of fused-ring (bicyclic) bond motifs is 1. The van der Waals surface area contributed by atoms with Crippen molar-refractivity contribution >= 4 is 22.9 Å². The van der Waals surface area contributed by atoms with Gasteiger partial charge >= 0.3 is 0 Å². The Labute approximate surface area is 81.2 Å². The average Bonchev–Trinajstić information content (AvgIpc) is 2.58. The molecule has 0 aliphatic heterocycles. The fraction of sp³-hybridized carbons (Fsp3) is 0.333. The van der Waals surface area contributed by atoms with E-state index in [0.29, 0.717) is 0 Å². The number of aromatic nitrogens is 3. The topological polar surface area (TPSA) is 30.7 Å². The lowest BCUT2D eigenvalue weighted by atomic mass is 10.4. The third-order valence-corrected chi connectivity index (χ3v) is 2.50. The zero-order valence-corrected chi connectivity index (χ0v) is 8.29. The summed E-state index contributed by atoms with van der Waals surface area (Å²) in [6.07, 6.45) is 5.76. The molecule has 68 valence electrons. The fourth-order valence-corrected chi connectivity index (χ4v) is 1.63. The lowest BCUT2D eigenvalue weighted by molar-refractivity contribution is 0.788. The highest BCUT2D eigenvalue weighted by atomic mass is 32.2. The third-order valence-electron chi connectivity index (χ3n) is 1.91. The van der Waals surface area contributed by atoms with Gasteiger partial charge in [-0.1, -0.05) is 0 Å². The predicted molar refractivity (Wildman–Crippen MR) is 55.9 cm³/mol. The van der Waals surface area contributed by atoms with Crippen LogP contribution in [0.15, 0.2) is 24.7 Å². The summed E-state index contributed by atoms with van der Waals surface area (Å²) in [5, 5.41) is 0. The van der Waals surface area contributed by atoms with Gasteiger partial charge in [0.2, 0.25) is 0 Å². The van der Waals surface area contributed by atoms with E-state index in [9.17, 15) is 0 Å². The van der Waals surface area contributed by atoms with Gasteiger partial charge in [0.1, 0.15) is 5.52 Å². The minimum atomic E-state index is 0.976. The molecule has 0 aromatic carbocycles. The third kappa shape index (κ3) is 1.67. The van der Waals surface area contributed by atoms with Crippen molar-refractivity contribution in [1.82, 2.24) is 14.5 Å². The Morgan fingerprint density at radius 3 is 3.23 bits per heavy atom. The molecule has 2 aromatic heterocycles. The van der Waals surface area contributed by atoms with Crippen molar-refractivity contribution in [3.05, 3.63) is 24.7 Å². The van der Waals surface area contributed by atoms with Gasteiger partial charge < -0.3 is 4.57 Å². The van der Waals surface area contributed by atoms with E-state index in [1.165, 1.54) is 0 Å². The molecule has 0 bridgehead atoms. The second-order valence-corrected chi connectivity index (χ2v) is 3.76. The van der Waals surface area contributed by atoms with E-state index in [-0.39, 0.29) is 0 Å². The first-order valence-electron chi connectivity index (χ1n) is 4.16. The second-order valence-electron chi connectivity index (χ2n) is 2.78. The average molecular weight is 193 g/mol. The molecule has 0 saturated heterocycles. The van der Waals surface area contributed by atoms with Gasteiger partial charge in [0, 0.05) is 18.5 Å². The highest BCUT2D eigenvalue weighted by molar-refractivity contribution is 7.98. The normalized spacial score (nSPS) is 10.8. The molecule has 0 saturated carbocycles. The van der Waals surface area contributed by atoms with Crippen molar-refractivity contribution in [1.29, 1.82) is 0 Å². The van der Waals surface area contributed by atoms with Gasteiger partial charge in [-0.2, -0.15) is 11.8 Å². The molecule has 0 aliphatic carbocycles. The highest BCUT2D eigenvalue weighted by Gasteiger charge is 2.00. The van der Waals surface area contributed by atoms with Crippen LogP contribution >= 0.6 is 11.8 Å². The van der Waals surface area contributed by atoms with Crippen molar-refractivity contribution in [2.45, 2.75) is 6.54 Å². The molecule has 0 amide bonds. The molecule has 0 radical (unpaired) electrons. The molecule has 2 heterocycles. The van der Waals surface area contributed by atoms with Crippen LogP contribution in [0, 0.1) is 0 Å². The summed E-state index contributed by atoms with van der Waals surface area (Å²) in [4.78, 5) is 8.55. The number of thioether (sulfide) groups is 1. The number of imidazole rings is 1. The summed E-state index contributed by atoms with van der Waals surface area (Å²) in [5.74, 6) is 1.10. The summed E-state index contributed by atoms with van der Waals surface area (Å²) in [6.45, 7) is 0.981. The van der Waals surface area contributed by atoms with Gasteiger partial charge in [-0.05, 0) is 18.4 Å². The first-order chi connectivity index (χ1) is 6.42. The van der Waals surface area contributed by atoms with Crippen LogP contribution in [0.1, 0.15) is 0 Å². The van der Waals surface area contributed by atoms with Crippen molar-refractivity contribution in [2.24, 2.45) is 0 Å². The Bertz CT molecular complexity index is 396. The van der Waals surface area contributed by atoms with Gasteiger partial charge in [0.15, 0.2) is 5.65 Å². The number of hydrogen-bond acceptors (Lipinski definition) is 3. The smallest absolute Gasteiger partial charge is 0.159 e. The van der Waals surface area contributed by atoms with E-state index in [1.807, 2.05) is 30.2 Å². The van der Waals surface area contributed by atoms with Crippen molar-refractivity contribution in [3.8, 4) is 0 Å². The number of hydrogen-bond donors (Lipinski definition) is 0. The minimum absolute atomic E-state index is 0.976. The van der Waals surface area contributed by atoms with Crippen LogP contribution < -0.4 is 0 Å². The Kier molecular flexibility index (Phi) is 2.49. The van der Waals surface area contributed by atoms with Crippen molar-refractivity contribution < 1.29 is 0 Å². The standard InChI is InChI=1S/C9H11N3S/c1-13-6-5-12-7-11-8-3-2-4-10-9(8)12/h2-4,7H,5-6H2,1H3. The summed E-state index contributed by atoms with van der Waals surface area (Å²) in [5.41, 5.74) is 1.96. The maximum absolute atomic E-state index is 4.29. The van der Waals surface area contributed by atoms with Gasteiger partial charge in [-0.25, -0.2) is 9.97 Å². The molecule has 0 fully saturated rings. The largest absolute Gasteiger partial charge is 0.314 e. The predicted octanol–water partition coefficient (Wildman–Crippen LogP) is 1.79. The molecule has 0 aliphatic rings. The number of rotatable bonds is 3. The fourth-order valence-electron chi connectivity index (χ4n) is 1.25. The van der Waals surface area contributed by atoms with E-state index >= 15 is 0 Å². The van der Waals surface area contributed by atoms with E-state index in [0.717, 1.165) is 23.5 Å². The number of aryl methyl sites for hydroxylation is 1. The van der Waals surface area contributed by atoms with Crippen molar-refractivity contribution in [3.63, 3.8) is 0 Å². The monoisotopic (exact) mass is 193 g/mol. The molecule has 2 aromatic rings. The van der Waals surface area contributed by atoms with Gasteiger partial charge in [0.25, 0.3) is 0 Å². The maximum Gasteiger partial charge on any atom is 0.159 e. The SMILES string of the molecule is CSCCn1cnc2cccnc21. The molecule has 2 rings (SSSR count). The quantitative estimate of drug-likeness (QED) is 0.744. The molecule has 0 N–H and O–H groups in total. The van der Waals surface area contributed by atoms with Crippen LogP contribution in [0.5, 0.6) is 0 Å². The summed E-state index contributed by atoms with van der Waals surface area (Å²) < 4.78 is 2.09. The molecular formula is C9H11N3S. The molecule has 13 heavy (non-hydrogen) atoms. The zero-order valence-electron chi connectivity index (χ0n) is 7.47. The molecule has 3 nitrogen and oxygen atoms in total. The number of pyridine rings is 1. The van der Waals surface area contributed by atoms with Crippen molar-refractivity contribution in [2.75, 3.05) is 12.0 Å². The molecule has 0 atom stereocenters. The lowest BCUT2D eigenvalue weighted by Gasteiger charge is -2.00. The first-order valence-corrected chi connectivity index (χ1v) is 5.56. The van der Waals surface area contributed by atoms with E-state index in [2.05, 4.69) is 20.8 Å². The van der Waals surface area contributed by atoms with E-state index < -0.39 is 0 Å². The molecule has 0 spiro atoms. The van der Waals surface area contributed by atoms with Crippen LogP contribution in [0.2, 0.25) is 0 Å². The molecular weight excluding hydrogens is 182 g/mol. The Hall–Kier alpha value is -1.03. The lowest BCUT2D eigenvalue weighted by Crippen LogP contribution is -1.99. The van der Waals surface area contributed by atoms with Gasteiger partial charge in [-0.15, -0.1) is 0 Å². The first kappa shape index (κ1) is 8.56. The Balaban J connectivity index is 2.35. The van der Waals surface area contributed by atoms with Crippen LogP contribution in [0.25, 0.3) is 11.2 Å². The second kappa shape index (κ2) is 3.79. The Morgan fingerprint density at radius 2 is 2.38 bits per heavy atom. The molecule has 0 unspecified atom stereocenters. The molecule has 4 heteroatoms. The minimum Gasteiger partial charge on any atom is -0.314 e. The summed E-state index contributed by atoms with van der Waals surface area (Å²) in [6, 6.07) is 3.90. The summed E-state index contributed by atoms with van der Waals surface area (Å²) in [7, 11) is 0. The highest BCUT2D eigenvalue weighted by Crippen LogP contribution is 2.09. The van der Waals surface area contributed by atoms with Crippen LogP contribution in [-0.2, 0) is 6.54 Å². The van der Waals surface area contributed by atoms with E-state index in [1.54, 1.807) is 6.20 Å². The summed E-state index contributed by atoms with van der Waals surface area (Å²) >= 11 is 1.83. The van der Waals surface area contributed by atoms with Gasteiger partial charge in [-0.3, -0.25) is 0 Å². The van der Waals surface area contributed by atoms with E-state index in [4.69, 9.17) is 0 Å². The van der Waals surface area contributed by atoms with Gasteiger partial charge in [0.05, 0.1) is 6.33 Å². The maximum atomic E-state index is 4.29.